The lowest BCUT2D eigenvalue weighted by atomic mass is 10.1. The molecular formula is C26H18Cl2N2O6. The van der Waals surface area contributed by atoms with Crippen molar-refractivity contribution in [2.45, 2.75) is 6.61 Å². The van der Waals surface area contributed by atoms with Crippen LogP contribution in [0.25, 0.3) is 6.08 Å². The number of hydrogen-bond donors (Lipinski definition) is 1. The van der Waals surface area contributed by atoms with Gasteiger partial charge in [0.05, 0.1) is 28.4 Å². The predicted octanol–water partition coefficient (Wildman–Crippen LogP) is 5.03. The number of hydrogen-bond acceptors (Lipinski definition) is 6. The highest BCUT2D eigenvalue weighted by Gasteiger charge is 2.37. The van der Waals surface area contributed by atoms with Crippen molar-refractivity contribution < 1.29 is 28.7 Å². The number of rotatable bonds is 6. The zero-order chi connectivity index (χ0) is 25.8. The number of halogens is 2. The molecule has 36 heavy (non-hydrogen) atoms. The summed E-state index contributed by atoms with van der Waals surface area (Å²) in [4.78, 5) is 50.7. The molecule has 0 spiro atoms. The van der Waals surface area contributed by atoms with Crippen molar-refractivity contribution in [3.05, 3.63) is 99.0 Å². The minimum Gasteiger partial charge on any atom is -0.488 e. The van der Waals surface area contributed by atoms with Gasteiger partial charge < -0.3 is 9.47 Å². The first kappa shape index (κ1) is 25.0. The molecule has 1 N–H and O–H groups in total. The number of nitrogens with one attached hydrogen (secondary N) is 1. The molecule has 0 aromatic heterocycles. The van der Waals surface area contributed by atoms with Gasteiger partial charge in [-0.05, 0) is 54.1 Å². The summed E-state index contributed by atoms with van der Waals surface area (Å²) >= 11 is 12.0. The molecule has 0 atom stereocenters. The molecule has 0 bridgehead atoms. The SMILES string of the molecule is COC(=O)c1ccc(N2C(=O)NC(=O)/C(=C\c3ccccc3OCc3ccc(Cl)c(Cl)c3)C2=O)cc1. The fraction of sp³-hybridized carbons (Fsp3) is 0.0769. The molecule has 1 aliphatic rings. The van der Waals surface area contributed by atoms with E-state index in [1.165, 1.54) is 37.5 Å². The number of nitrogens with zero attached hydrogens (tertiary/aromatic N) is 1. The number of carbonyl (C=O) groups is 4. The Kier molecular flexibility index (Phi) is 7.38. The average molecular weight is 525 g/mol. The van der Waals surface area contributed by atoms with E-state index in [0.717, 1.165) is 10.5 Å². The molecule has 8 nitrogen and oxygen atoms in total. The first-order chi connectivity index (χ1) is 17.3. The maximum atomic E-state index is 13.2. The van der Waals surface area contributed by atoms with E-state index in [-0.39, 0.29) is 23.4 Å². The first-order valence-electron chi connectivity index (χ1n) is 10.5. The molecule has 3 aromatic carbocycles. The minimum absolute atomic E-state index is 0.161. The molecule has 1 aliphatic heterocycles. The predicted molar refractivity (Wildman–Crippen MR) is 134 cm³/mol. The van der Waals surface area contributed by atoms with Gasteiger partial charge in [0.25, 0.3) is 11.8 Å². The van der Waals surface area contributed by atoms with Crippen molar-refractivity contribution >= 4 is 58.8 Å². The smallest absolute Gasteiger partial charge is 0.337 e. The van der Waals surface area contributed by atoms with Gasteiger partial charge in [-0.2, -0.15) is 0 Å². The lowest BCUT2D eigenvalue weighted by Crippen LogP contribution is -2.54. The van der Waals surface area contributed by atoms with Gasteiger partial charge in [0.15, 0.2) is 0 Å². The number of imide groups is 2. The van der Waals surface area contributed by atoms with Gasteiger partial charge in [-0.3, -0.25) is 14.9 Å². The van der Waals surface area contributed by atoms with Gasteiger partial charge in [0, 0.05) is 5.56 Å². The number of esters is 1. The third kappa shape index (κ3) is 5.25. The largest absolute Gasteiger partial charge is 0.488 e. The molecule has 1 saturated heterocycles. The van der Waals surface area contributed by atoms with E-state index >= 15 is 0 Å². The number of methoxy groups -OCH3 is 1. The Balaban J connectivity index is 1.61. The van der Waals surface area contributed by atoms with Crippen LogP contribution in [0, 0.1) is 0 Å². The maximum Gasteiger partial charge on any atom is 0.337 e. The Morgan fingerprint density at radius 2 is 1.69 bits per heavy atom. The number of amides is 4. The number of urea groups is 1. The summed E-state index contributed by atoms with van der Waals surface area (Å²) in [5.41, 5.74) is 1.37. The van der Waals surface area contributed by atoms with Crippen LogP contribution >= 0.6 is 23.2 Å². The lowest BCUT2D eigenvalue weighted by molar-refractivity contribution is -0.122. The van der Waals surface area contributed by atoms with Crippen LogP contribution in [-0.4, -0.2) is 30.9 Å². The number of ether oxygens (including phenoxy) is 2. The molecular weight excluding hydrogens is 507 g/mol. The standard InChI is InChI=1S/C26H18Cl2N2O6/c1-35-25(33)16-7-9-18(10-8-16)30-24(32)19(23(31)29-26(30)34)13-17-4-2-3-5-22(17)36-14-15-6-11-20(27)21(28)12-15/h2-13H,14H2,1H3,(H,29,31,34)/b19-13+. The number of anilines is 1. The summed E-state index contributed by atoms with van der Waals surface area (Å²) in [6, 6.07) is 16.7. The van der Waals surface area contributed by atoms with Crippen LogP contribution in [0.1, 0.15) is 21.5 Å². The highest BCUT2D eigenvalue weighted by atomic mass is 35.5. The number of para-hydroxylation sites is 1. The monoisotopic (exact) mass is 524 g/mol. The summed E-state index contributed by atoms with van der Waals surface area (Å²) in [6.07, 6.45) is 1.35. The zero-order valence-corrected chi connectivity index (χ0v) is 20.3. The molecule has 10 heteroatoms. The highest BCUT2D eigenvalue weighted by molar-refractivity contribution is 6.42. The molecule has 0 aliphatic carbocycles. The van der Waals surface area contributed by atoms with Crippen LogP contribution in [0.5, 0.6) is 5.75 Å². The molecule has 4 rings (SSSR count). The van der Waals surface area contributed by atoms with Crippen LogP contribution in [0.15, 0.2) is 72.3 Å². The van der Waals surface area contributed by atoms with Crippen molar-refractivity contribution in [1.29, 1.82) is 0 Å². The molecule has 0 unspecified atom stereocenters. The van der Waals surface area contributed by atoms with Gasteiger partial charge in [-0.15, -0.1) is 0 Å². The van der Waals surface area contributed by atoms with E-state index in [9.17, 15) is 19.2 Å². The molecule has 182 valence electrons. The topological polar surface area (TPSA) is 102 Å². The van der Waals surface area contributed by atoms with Crippen LogP contribution in [0.2, 0.25) is 10.0 Å². The molecule has 4 amide bonds. The zero-order valence-electron chi connectivity index (χ0n) is 18.8. The van der Waals surface area contributed by atoms with Crippen molar-refractivity contribution in [1.82, 2.24) is 5.32 Å². The lowest BCUT2D eigenvalue weighted by Gasteiger charge is -2.26. The van der Waals surface area contributed by atoms with Crippen molar-refractivity contribution in [2.75, 3.05) is 12.0 Å². The Morgan fingerprint density at radius 3 is 2.39 bits per heavy atom. The maximum absolute atomic E-state index is 13.2. The van der Waals surface area contributed by atoms with Crippen molar-refractivity contribution in [2.24, 2.45) is 0 Å². The van der Waals surface area contributed by atoms with Gasteiger partial charge in [-0.1, -0.05) is 47.5 Å². The quantitative estimate of drug-likeness (QED) is 0.275. The Hall–Kier alpha value is -4.14. The highest BCUT2D eigenvalue weighted by Crippen LogP contribution is 2.27. The van der Waals surface area contributed by atoms with E-state index in [1.54, 1.807) is 42.5 Å². The van der Waals surface area contributed by atoms with E-state index < -0.39 is 23.8 Å². The number of barbiturate groups is 1. The number of carbonyl (C=O) groups excluding carboxylic acids is 4. The second kappa shape index (κ2) is 10.6. The van der Waals surface area contributed by atoms with Gasteiger partial charge >= 0.3 is 12.0 Å². The third-order valence-electron chi connectivity index (χ3n) is 5.25. The van der Waals surface area contributed by atoms with Crippen LogP contribution < -0.4 is 15.0 Å². The fourth-order valence-electron chi connectivity index (χ4n) is 3.43. The molecule has 1 fully saturated rings. The molecule has 0 radical (unpaired) electrons. The van der Waals surface area contributed by atoms with Crippen LogP contribution in [0.3, 0.4) is 0 Å². The number of benzene rings is 3. The van der Waals surface area contributed by atoms with Crippen molar-refractivity contribution in [3.8, 4) is 5.75 Å². The van der Waals surface area contributed by atoms with E-state index in [2.05, 4.69) is 10.1 Å². The Morgan fingerprint density at radius 1 is 0.972 bits per heavy atom. The van der Waals surface area contributed by atoms with Crippen LogP contribution in [0.4, 0.5) is 10.5 Å². The summed E-state index contributed by atoms with van der Waals surface area (Å²) < 4.78 is 10.6. The first-order valence-corrected chi connectivity index (χ1v) is 11.3. The normalized spacial score (nSPS) is 14.6. The van der Waals surface area contributed by atoms with Crippen molar-refractivity contribution in [3.63, 3.8) is 0 Å². The van der Waals surface area contributed by atoms with Gasteiger partial charge in [-0.25, -0.2) is 14.5 Å². The second-order valence-electron chi connectivity index (χ2n) is 7.57. The summed E-state index contributed by atoms with van der Waals surface area (Å²) in [5.74, 6) is -1.83. The summed E-state index contributed by atoms with van der Waals surface area (Å²) in [6.45, 7) is 0.161. The molecule has 3 aromatic rings. The molecule has 0 saturated carbocycles. The van der Waals surface area contributed by atoms with Gasteiger partial charge in [0.2, 0.25) is 0 Å². The Labute approximate surface area is 216 Å². The Bertz CT molecular complexity index is 1400. The summed E-state index contributed by atoms with van der Waals surface area (Å²) in [7, 11) is 1.24. The van der Waals surface area contributed by atoms with E-state index in [4.69, 9.17) is 27.9 Å². The van der Waals surface area contributed by atoms with Gasteiger partial charge in [0.1, 0.15) is 17.9 Å². The molecule has 1 heterocycles. The van der Waals surface area contributed by atoms with E-state index in [1.807, 2.05) is 0 Å². The third-order valence-corrected chi connectivity index (χ3v) is 5.98. The summed E-state index contributed by atoms with van der Waals surface area (Å²) in [5, 5.41) is 2.98. The second-order valence-corrected chi connectivity index (χ2v) is 8.39. The minimum atomic E-state index is -0.905. The fourth-order valence-corrected chi connectivity index (χ4v) is 3.75. The van der Waals surface area contributed by atoms with Crippen LogP contribution in [-0.2, 0) is 20.9 Å². The average Bonchev–Trinajstić information content (AvgIpc) is 2.87. The van der Waals surface area contributed by atoms with E-state index in [0.29, 0.717) is 21.4 Å².